The van der Waals surface area contributed by atoms with Crippen molar-refractivity contribution in [2.75, 3.05) is 32.8 Å². The molecule has 3 amide bonds. The van der Waals surface area contributed by atoms with E-state index in [9.17, 15) is 27.6 Å². The molecule has 1 aliphatic carbocycles. The Labute approximate surface area is 301 Å². The van der Waals surface area contributed by atoms with Crippen molar-refractivity contribution in [1.82, 2.24) is 25.1 Å². The number of carbonyl (C=O) groups is 3. The minimum absolute atomic E-state index is 0.0276. The Balaban J connectivity index is 1.29. The largest absolute Gasteiger partial charge is 0.489 e. The summed E-state index contributed by atoms with van der Waals surface area (Å²) in [6.07, 6.45) is 2.75. The van der Waals surface area contributed by atoms with Gasteiger partial charge < -0.3 is 34.6 Å². The highest BCUT2D eigenvalue weighted by molar-refractivity contribution is 5.97. The third-order valence-electron chi connectivity index (χ3n) is 8.74. The lowest BCUT2D eigenvalue weighted by Crippen LogP contribution is -2.52. The van der Waals surface area contributed by atoms with Crippen LogP contribution in [0.15, 0.2) is 65.3 Å². The second-order valence-corrected chi connectivity index (χ2v) is 12.6. The highest BCUT2D eigenvalue weighted by Crippen LogP contribution is 2.38. The molecule has 0 radical (unpaired) electrons. The molecule has 13 nitrogen and oxygen atoms in total. The van der Waals surface area contributed by atoms with Gasteiger partial charge in [0.15, 0.2) is 29.1 Å². The number of hydrogen-bond donors (Lipinski definition) is 2. The Kier molecular flexibility index (Phi) is 11.4. The second kappa shape index (κ2) is 16.3. The van der Waals surface area contributed by atoms with Gasteiger partial charge in [0.2, 0.25) is 11.8 Å². The van der Waals surface area contributed by atoms with Crippen LogP contribution in [0.2, 0.25) is 0 Å². The van der Waals surface area contributed by atoms with Crippen molar-refractivity contribution in [3.63, 3.8) is 0 Å². The smallest absolute Gasteiger partial charge is 0.405 e. The molecule has 17 heteroatoms. The number of piperazine rings is 1. The van der Waals surface area contributed by atoms with Crippen molar-refractivity contribution in [3.8, 4) is 23.0 Å². The zero-order valence-corrected chi connectivity index (χ0v) is 28.5. The molecule has 1 aliphatic heterocycles. The van der Waals surface area contributed by atoms with Crippen molar-refractivity contribution in [2.45, 2.75) is 45.1 Å². The number of oxazole rings is 1. The molecule has 2 aromatic heterocycles. The second-order valence-electron chi connectivity index (χ2n) is 12.6. The Morgan fingerprint density at radius 3 is 2.40 bits per heavy atom. The number of ether oxygens (including phenoxy) is 3. The highest BCUT2D eigenvalue weighted by Gasteiger charge is 2.35. The number of amides is 3. The molecule has 1 saturated heterocycles. The number of aromatic nitrogens is 2. The van der Waals surface area contributed by atoms with E-state index in [1.807, 2.05) is 12.1 Å². The number of benzene rings is 2. The summed E-state index contributed by atoms with van der Waals surface area (Å²) in [5, 5.41) is 2.52. The summed E-state index contributed by atoms with van der Waals surface area (Å²) in [5.41, 5.74) is 5.68. The van der Waals surface area contributed by atoms with Crippen LogP contribution in [0.3, 0.4) is 0 Å². The van der Waals surface area contributed by atoms with E-state index in [1.165, 1.54) is 30.0 Å². The van der Waals surface area contributed by atoms with E-state index >= 15 is 4.39 Å². The van der Waals surface area contributed by atoms with Gasteiger partial charge in [-0.2, -0.15) is 8.78 Å². The van der Waals surface area contributed by atoms with E-state index < -0.39 is 54.0 Å². The van der Waals surface area contributed by atoms with Crippen molar-refractivity contribution in [1.29, 1.82) is 0 Å². The van der Waals surface area contributed by atoms with E-state index in [0.29, 0.717) is 25.7 Å². The van der Waals surface area contributed by atoms with E-state index in [2.05, 4.69) is 24.9 Å². The van der Waals surface area contributed by atoms with Crippen LogP contribution in [0.25, 0.3) is 11.5 Å². The lowest BCUT2D eigenvalue weighted by atomic mass is 10.0. The first-order chi connectivity index (χ1) is 25.4. The molecule has 6 rings (SSSR count). The molecule has 3 N–H and O–H groups in total. The van der Waals surface area contributed by atoms with E-state index in [1.54, 1.807) is 12.4 Å². The number of hydrogen-bond acceptors (Lipinski definition) is 10. The number of nitrogens with zero attached hydrogens (tertiary/aromatic N) is 4. The fourth-order valence-corrected chi connectivity index (χ4v) is 5.82. The van der Waals surface area contributed by atoms with Crippen LogP contribution in [0, 0.1) is 17.6 Å². The van der Waals surface area contributed by atoms with Crippen LogP contribution >= 0.6 is 0 Å². The van der Waals surface area contributed by atoms with Gasteiger partial charge in [0.1, 0.15) is 17.7 Å². The van der Waals surface area contributed by atoms with Crippen molar-refractivity contribution >= 4 is 17.9 Å². The van der Waals surface area contributed by atoms with Gasteiger partial charge in [-0.15, -0.1) is 0 Å². The lowest BCUT2D eigenvalue weighted by molar-refractivity contribution is -0.135. The van der Waals surface area contributed by atoms with Crippen LogP contribution < -0.4 is 20.5 Å². The predicted octanol–water partition coefficient (Wildman–Crippen LogP) is 5.38. The third-order valence-corrected chi connectivity index (χ3v) is 8.74. The van der Waals surface area contributed by atoms with Crippen molar-refractivity contribution in [3.05, 3.63) is 95.1 Å². The molecular weight excluding hydrogens is 704 g/mol. The molecule has 280 valence electrons. The molecular formula is C36H36F4N6O7. The average molecular weight is 741 g/mol. The summed E-state index contributed by atoms with van der Waals surface area (Å²) in [6, 6.07) is 8.66. The Hall–Kier alpha value is -5.71. The van der Waals surface area contributed by atoms with E-state index in [0.717, 1.165) is 30.5 Å². The van der Waals surface area contributed by atoms with Crippen LogP contribution in [0.5, 0.6) is 11.5 Å². The normalized spacial score (nSPS) is 15.8. The molecule has 2 fully saturated rings. The number of rotatable bonds is 14. The van der Waals surface area contributed by atoms with E-state index in [4.69, 9.17) is 19.6 Å². The van der Waals surface area contributed by atoms with Crippen LogP contribution in [0.1, 0.15) is 59.3 Å². The fourth-order valence-electron chi connectivity index (χ4n) is 5.82. The van der Waals surface area contributed by atoms with Gasteiger partial charge in [0, 0.05) is 62.3 Å². The summed E-state index contributed by atoms with van der Waals surface area (Å²) in [6.45, 7) is 0.555. The summed E-state index contributed by atoms with van der Waals surface area (Å²) in [5.74, 6) is -4.16. The minimum Gasteiger partial charge on any atom is -0.489 e. The van der Waals surface area contributed by atoms with Gasteiger partial charge in [-0.25, -0.2) is 18.6 Å². The number of halogens is 4. The number of primary amides is 1. The van der Waals surface area contributed by atoms with Crippen molar-refractivity contribution in [2.24, 2.45) is 11.7 Å². The van der Waals surface area contributed by atoms with Gasteiger partial charge in [0.05, 0.1) is 6.61 Å². The molecule has 4 aromatic rings. The quantitative estimate of drug-likeness (QED) is 0.161. The molecule has 0 spiro atoms. The maximum absolute atomic E-state index is 15.3. The van der Waals surface area contributed by atoms with Crippen LogP contribution in [0.4, 0.5) is 22.4 Å². The molecule has 1 unspecified atom stereocenters. The Morgan fingerprint density at radius 2 is 1.74 bits per heavy atom. The lowest BCUT2D eigenvalue weighted by Gasteiger charge is -2.36. The zero-order chi connectivity index (χ0) is 37.6. The van der Waals surface area contributed by atoms with E-state index in [-0.39, 0.29) is 59.9 Å². The first kappa shape index (κ1) is 37.1. The SMILES string of the molecule is C[C@H](OC(N)=O)c1oc(-c2ccc(OC(F)F)c(OCC3CC3)c2)nc1C(=O)NC(C(=O)N1CCN(Cc2ccncc2)CC1)c1ccc(F)cc1F. The maximum Gasteiger partial charge on any atom is 0.405 e. The number of carbonyl (C=O) groups excluding carboxylic acids is 3. The monoisotopic (exact) mass is 740 g/mol. The molecule has 2 aromatic carbocycles. The molecule has 53 heavy (non-hydrogen) atoms. The van der Waals surface area contributed by atoms with Gasteiger partial charge in [-0.3, -0.25) is 19.5 Å². The van der Waals surface area contributed by atoms with Gasteiger partial charge >= 0.3 is 12.7 Å². The molecule has 2 atom stereocenters. The molecule has 3 heterocycles. The van der Waals surface area contributed by atoms with Crippen molar-refractivity contribution < 1.29 is 50.6 Å². The van der Waals surface area contributed by atoms with Crippen LogP contribution in [-0.4, -0.2) is 77.1 Å². The summed E-state index contributed by atoms with van der Waals surface area (Å²) < 4.78 is 76.8. The average Bonchev–Trinajstić information content (AvgIpc) is 3.85. The minimum atomic E-state index is -3.13. The topological polar surface area (TPSA) is 162 Å². The first-order valence-electron chi connectivity index (χ1n) is 16.8. The summed E-state index contributed by atoms with van der Waals surface area (Å²) in [4.78, 5) is 51.7. The fraction of sp³-hybridized carbons (Fsp3) is 0.361. The standard InChI is InChI=1S/C36H36F4N6O7/c1-20(51-36(41)49)31-30(44-33(53-31)23-4-7-27(52-35(39)40)28(16-23)50-19-22-2-3-22)32(47)43-29(25-6-5-24(37)17-26(25)38)34(48)46-14-12-45(13-15-46)18-21-8-10-42-11-9-21/h4-11,16-17,20,22,29,35H,2-3,12-15,18-19H2,1H3,(H2,41,49)(H,43,47)/t20-,29?/m0/s1. The summed E-state index contributed by atoms with van der Waals surface area (Å²) >= 11 is 0. The zero-order valence-electron chi connectivity index (χ0n) is 28.5. The highest BCUT2D eigenvalue weighted by atomic mass is 19.3. The Morgan fingerprint density at radius 1 is 1.00 bits per heavy atom. The van der Waals surface area contributed by atoms with Gasteiger partial charge in [-0.1, -0.05) is 6.07 Å². The number of nitrogens with two attached hydrogens (primary N) is 1. The van der Waals surface area contributed by atoms with Crippen LogP contribution in [-0.2, 0) is 16.1 Å². The molecule has 2 aliphatic rings. The number of pyridine rings is 1. The van der Waals surface area contributed by atoms with Gasteiger partial charge in [0.25, 0.3) is 5.91 Å². The maximum atomic E-state index is 15.3. The molecule has 0 bridgehead atoms. The number of alkyl halides is 2. The van der Waals surface area contributed by atoms with Gasteiger partial charge in [-0.05, 0) is 67.6 Å². The molecule has 1 saturated carbocycles. The third kappa shape index (κ3) is 9.40. The predicted molar refractivity (Wildman–Crippen MR) is 179 cm³/mol. The number of nitrogens with one attached hydrogen (secondary N) is 1. The summed E-state index contributed by atoms with van der Waals surface area (Å²) in [7, 11) is 0. The Bertz CT molecular complexity index is 1940. The first-order valence-corrected chi connectivity index (χ1v) is 16.8.